The number of aromatic nitrogens is 2. The lowest BCUT2D eigenvalue weighted by molar-refractivity contribution is 0.159. The van der Waals surface area contributed by atoms with Crippen LogP contribution in [-0.2, 0) is 0 Å². The lowest BCUT2D eigenvalue weighted by Gasteiger charge is -2.14. The molecule has 6 heteroatoms. The van der Waals surface area contributed by atoms with E-state index < -0.39 is 6.10 Å². The fourth-order valence-electron chi connectivity index (χ4n) is 2.24. The largest absolute Gasteiger partial charge is 0.396 e. The molecule has 0 saturated heterocycles. The quantitative estimate of drug-likeness (QED) is 0.451. The molecule has 0 bridgehead atoms. The zero-order valence-electron chi connectivity index (χ0n) is 10.8. The van der Waals surface area contributed by atoms with Crippen molar-refractivity contribution in [2.24, 2.45) is 0 Å². The van der Waals surface area contributed by atoms with Crippen molar-refractivity contribution >= 4 is 39.3 Å². The van der Waals surface area contributed by atoms with Gasteiger partial charge in [0.05, 0.1) is 24.2 Å². The van der Waals surface area contributed by atoms with Gasteiger partial charge in [-0.3, -0.25) is 0 Å². The van der Waals surface area contributed by atoms with Gasteiger partial charge in [-0.2, -0.15) is 5.10 Å². The van der Waals surface area contributed by atoms with Gasteiger partial charge < -0.3 is 10.2 Å². The molecule has 0 saturated carbocycles. The lowest BCUT2D eigenvalue weighted by Crippen LogP contribution is -2.01. The molecule has 104 valence electrons. The highest BCUT2D eigenvalue weighted by Gasteiger charge is 2.13. The summed E-state index contributed by atoms with van der Waals surface area (Å²) in [5, 5.41) is 24.5. The van der Waals surface area contributed by atoms with Gasteiger partial charge in [0.25, 0.3) is 0 Å². The number of aliphatic hydroxyl groups excluding tert-OH is 2. The standard InChI is InChI=1S/C13H18IN2O2P/c1-9-6-10-8-15-16(19-14)12(10)7-11(9)13(18)4-2-3-5-17/h6-8,13,17-19H,2-5H2,1H3. The lowest BCUT2D eigenvalue weighted by atomic mass is 9.98. The molecule has 0 radical (unpaired) electrons. The van der Waals surface area contributed by atoms with Crippen molar-refractivity contribution in [3.05, 3.63) is 29.5 Å². The van der Waals surface area contributed by atoms with Crippen LogP contribution in [0.25, 0.3) is 10.9 Å². The number of benzene rings is 1. The van der Waals surface area contributed by atoms with Crippen LogP contribution in [0.2, 0.25) is 0 Å². The minimum Gasteiger partial charge on any atom is -0.396 e. The SMILES string of the molecule is Cc1cc2cnn(PI)c2cc1C(O)CCCCO. The first-order chi connectivity index (χ1) is 9.17. The molecule has 2 rings (SSSR count). The Hall–Kier alpha value is -0.230. The number of hydrogen-bond acceptors (Lipinski definition) is 3. The van der Waals surface area contributed by atoms with E-state index in [2.05, 4.69) is 33.2 Å². The van der Waals surface area contributed by atoms with Crippen molar-refractivity contribution < 1.29 is 10.2 Å². The highest BCUT2D eigenvalue weighted by atomic mass is 127. The van der Waals surface area contributed by atoms with Crippen LogP contribution in [0.1, 0.15) is 36.5 Å². The number of halogens is 1. The Balaban J connectivity index is 2.28. The Bertz CT molecular complexity index is 559. The molecule has 2 unspecified atom stereocenters. The van der Waals surface area contributed by atoms with Crippen molar-refractivity contribution in [1.82, 2.24) is 9.55 Å². The summed E-state index contributed by atoms with van der Waals surface area (Å²) >= 11 is 2.30. The minimum absolute atomic E-state index is 0.188. The molecule has 2 aromatic rings. The number of fused-ring (bicyclic) bond motifs is 1. The minimum atomic E-state index is -0.461. The molecule has 1 aromatic carbocycles. The molecule has 0 spiro atoms. The second-order valence-electron chi connectivity index (χ2n) is 4.64. The van der Waals surface area contributed by atoms with Crippen molar-refractivity contribution in [1.29, 1.82) is 0 Å². The van der Waals surface area contributed by atoms with Gasteiger partial charge in [-0.05, 0) is 71.5 Å². The van der Waals surface area contributed by atoms with Gasteiger partial charge >= 0.3 is 0 Å². The Morgan fingerprint density at radius 2 is 2.21 bits per heavy atom. The molecule has 19 heavy (non-hydrogen) atoms. The van der Waals surface area contributed by atoms with Gasteiger partial charge in [0.1, 0.15) is 0 Å². The zero-order chi connectivity index (χ0) is 13.8. The maximum atomic E-state index is 10.3. The molecule has 0 amide bonds. The Labute approximate surface area is 127 Å². The predicted molar refractivity (Wildman–Crippen MR) is 88.1 cm³/mol. The molecule has 1 aromatic heterocycles. The summed E-state index contributed by atoms with van der Waals surface area (Å²) in [4.78, 5) is 0. The Morgan fingerprint density at radius 3 is 2.89 bits per heavy atom. The maximum Gasteiger partial charge on any atom is 0.0793 e. The van der Waals surface area contributed by atoms with Crippen LogP contribution >= 0.6 is 28.4 Å². The van der Waals surface area contributed by atoms with Gasteiger partial charge in [0.15, 0.2) is 0 Å². The fraction of sp³-hybridized carbons (Fsp3) is 0.462. The summed E-state index contributed by atoms with van der Waals surface area (Å²) < 4.78 is 1.96. The van der Waals surface area contributed by atoms with Crippen LogP contribution in [0.15, 0.2) is 18.3 Å². The third-order valence-electron chi connectivity index (χ3n) is 3.28. The third kappa shape index (κ3) is 3.45. The first-order valence-corrected chi connectivity index (χ1v) is 10.4. The molecule has 4 nitrogen and oxygen atoms in total. The monoisotopic (exact) mass is 392 g/mol. The van der Waals surface area contributed by atoms with E-state index in [1.807, 2.05) is 23.6 Å². The topological polar surface area (TPSA) is 58.3 Å². The molecular formula is C13H18IN2O2P. The van der Waals surface area contributed by atoms with Crippen LogP contribution < -0.4 is 0 Å². The summed E-state index contributed by atoms with van der Waals surface area (Å²) in [6.07, 6.45) is 4.23. The summed E-state index contributed by atoms with van der Waals surface area (Å²) in [6, 6.07) is 4.13. The van der Waals surface area contributed by atoms with E-state index in [4.69, 9.17) is 5.11 Å². The third-order valence-corrected chi connectivity index (χ3v) is 5.17. The first kappa shape index (κ1) is 15.2. The molecule has 1 heterocycles. The van der Waals surface area contributed by atoms with E-state index in [9.17, 15) is 5.11 Å². The molecule has 0 aliphatic heterocycles. The van der Waals surface area contributed by atoms with Gasteiger partial charge in [0, 0.05) is 12.0 Å². The second-order valence-corrected chi connectivity index (χ2v) is 6.68. The Kier molecular flexibility index (Phi) is 5.57. The van der Waals surface area contributed by atoms with Gasteiger partial charge in [-0.1, -0.05) is 0 Å². The van der Waals surface area contributed by atoms with Gasteiger partial charge in [0.2, 0.25) is 0 Å². The number of rotatable bonds is 6. The molecule has 2 atom stereocenters. The number of hydrogen-bond donors (Lipinski definition) is 2. The fourth-order valence-corrected chi connectivity index (χ4v) is 3.77. The Morgan fingerprint density at radius 1 is 1.42 bits per heavy atom. The van der Waals surface area contributed by atoms with Gasteiger partial charge in [-0.15, -0.1) is 0 Å². The summed E-state index contributed by atoms with van der Waals surface area (Å²) in [6.45, 7) is 2.21. The van der Waals surface area contributed by atoms with E-state index >= 15 is 0 Å². The van der Waals surface area contributed by atoms with E-state index in [1.165, 1.54) is 0 Å². The number of aryl methyl sites for hydroxylation is 1. The van der Waals surface area contributed by atoms with Crippen molar-refractivity contribution in [2.75, 3.05) is 6.61 Å². The zero-order valence-corrected chi connectivity index (χ0v) is 14.0. The van der Waals surface area contributed by atoms with E-state index in [0.717, 1.165) is 34.9 Å². The molecule has 0 fully saturated rings. The van der Waals surface area contributed by atoms with Gasteiger partial charge in [-0.25, -0.2) is 4.45 Å². The smallest absolute Gasteiger partial charge is 0.0793 e. The van der Waals surface area contributed by atoms with Crippen LogP contribution in [0.3, 0.4) is 0 Å². The molecule has 0 aliphatic carbocycles. The van der Waals surface area contributed by atoms with Crippen molar-refractivity contribution in [3.63, 3.8) is 0 Å². The molecule has 2 N–H and O–H groups in total. The van der Waals surface area contributed by atoms with Crippen molar-refractivity contribution in [2.45, 2.75) is 32.3 Å². The van der Waals surface area contributed by atoms with Crippen LogP contribution in [0, 0.1) is 6.92 Å². The second kappa shape index (κ2) is 6.97. The van der Waals surface area contributed by atoms with E-state index in [-0.39, 0.29) is 6.61 Å². The highest BCUT2D eigenvalue weighted by molar-refractivity contribution is 14.2. The number of aliphatic hydroxyl groups is 2. The molecular weight excluding hydrogens is 374 g/mol. The highest BCUT2D eigenvalue weighted by Crippen LogP contribution is 2.32. The average Bonchev–Trinajstić information content (AvgIpc) is 2.79. The first-order valence-electron chi connectivity index (χ1n) is 6.31. The average molecular weight is 392 g/mol. The normalized spacial score (nSPS) is 13.7. The number of nitrogens with zero attached hydrogens (tertiary/aromatic N) is 2. The predicted octanol–water partition coefficient (Wildman–Crippen LogP) is 3.33. The summed E-state index contributed by atoms with van der Waals surface area (Å²) in [7, 11) is 0. The van der Waals surface area contributed by atoms with Crippen LogP contribution in [-0.4, -0.2) is 26.4 Å². The summed E-state index contributed by atoms with van der Waals surface area (Å²) in [5.41, 5.74) is 3.15. The van der Waals surface area contributed by atoms with Crippen LogP contribution in [0.5, 0.6) is 0 Å². The van der Waals surface area contributed by atoms with E-state index in [0.29, 0.717) is 12.8 Å². The summed E-state index contributed by atoms with van der Waals surface area (Å²) in [5.74, 6) is 0. The van der Waals surface area contributed by atoms with Crippen molar-refractivity contribution in [3.8, 4) is 0 Å². The van der Waals surface area contributed by atoms with Crippen LogP contribution in [0.4, 0.5) is 0 Å². The maximum absolute atomic E-state index is 10.3. The van der Waals surface area contributed by atoms with E-state index in [1.54, 1.807) is 0 Å². The number of unbranched alkanes of at least 4 members (excludes halogenated alkanes) is 1. The molecule has 0 aliphatic rings.